The van der Waals surface area contributed by atoms with Gasteiger partial charge in [0.15, 0.2) is 0 Å². The topological polar surface area (TPSA) is 44.1 Å². The molecule has 0 atom stereocenters. The van der Waals surface area contributed by atoms with Gasteiger partial charge in [-0.1, -0.05) is 35.5 Å². The number of esters is 1. The fraction of sp³-hybridized carbons (Fsp3) is 0.304. The zero-order valence-corrected chi connectivity index (χ0v) is 18.7. The zero-order chi connectivity index (χ0) is 23.0. The van der Waals surface area contributed by atoms with E-state index in [2.05, 4.69) is 5.10 Å². The number of carbonyl (C=O) groups excluding carboxylic acids is 1. The van der Waals surface area contributed by atoms with Gasteiger partial charge in [0.2, 0.25) is 5.88 Å². The average molecular weight is 449 g/mol. The van der Waals surface area contributed by atoms with E-state index in [0.29, 0.717) is 10.6 Å². The third-order valence-electron chi connectivity index (χ3n) is 4.46. The Morgan fingerprint density at radius 2 is 1.68 bits per heavy atom. The summed E-state index contributed by atoms with van der Waals surface area (Å²) in [6.07, 6.45) is -4.55. The fourth-order valence-corrected chi connectivity index (χ4v) is 3.76. The third-order valence-corrected chi connectivity index (χ3v) is 5.64. The molecule has 0 bridgehead atoms. The van der Waals surface area contributed by atoms with E-state index in [1.807, 2.05) is 52.0 Å². The molecule has 0 aliphatic rings. The molecule has 2 aromatic carbocycles. The normalized spacial score (nSPS) is 12.1. The molecule has 8 heteroatoms. The van der Waals surface area contributed by atoms with Crippen LogP contribution in [0.2, 0.25) is 0 Å². The molecule has 0 aliphatic heterocycles. The maximum absolute atomic E-state index is 13.0. The molecule has 0 saturated heterocycles. The molecule has 0 aliphatic carbocycles. The first-order valence-electron chi connectivity index (χ1n) is 9.60. The standard InChI is InChI=1S/C23H23F3N2O2S/c1-14-9-11-18(12-10-14)31-19-15(2)27-28(22(3,4)5)20(19)30-21(29)16-7-6-8-17(13-16)23(24,25)26/h6-13H,1-5H3. The van der Waals surface area contributed by atoms with Crippen LogP contribution in [0.25, 0.3) is 0 Å². The van der Waals surface area contributed by atoms with Crippen LogP contribution < -0.4 is 4.74 Å². The number of rotatable bonds is 4. The fourth-order valence-electron chi connectivity index (χ4n) is 2.85. The van der Waals surface area contributed by atoms with Crippen molar-refractivity contribution in [2.45, 2.75) is 56.1 Å². The Morgan fingerprint density at radius 3 is 2.26 bits per heavy atom. The maximum atomic E-state index is 13.0. The quantitative estimate of drug-likeness (QED) is 0.420. The van der Waals surface area contributed by atoms with Crippen molar-refractivity contribution in [3.05, 3.63) is 70.9 Å². The molecule has 0 unspecified atom stereocenters. The molecule has 1 aromatic heterocycles. The average Bonchev–Trinajstić information content (AvgIpc) is 2.99. The van der Waals surface area contributed by atoms with E-state index in [0.717, 1.165) is 22.6 Å². The van der Waals surface area contributed by atoms with Gasteiger partial charge < -0.3 is 4.74 Å². The summed E-state index contributed by atoms with van der Waals surface area (Å²) in [6.45, 7) is 9.50. The lowest BCUT2D eigenvalue weighted by molar-refractivity contribution is -0.137. The zero-order valence-electron chi connectivity index (χ0n) is 17.9. The second kappa shape index (κ2) is 8.42. The van der Waals surface area contributed by atoms with Gasteiger partial charge in [-0.05, 0) is 65.0 Å². The number of hydrogen-bond acceptors (Lipinski definition) is 4. The van der Waals surface area contributed by atoms with Crippen LogP contribution in [0.4, 0.5) is 13.2 Å². The van der Waals surface area contributed by atoms with E-state index < -0.39 is 23.2 Å². The van der Waals surface area contributed by atoms with E-state index in [9.17, 15) is 18.0 Å². The molecule has 0 fully saturated rings. The molecule has 31 heavy (non-hydrogen) atoms. The Morgan fingerprint density at radius 1 is 1.03 bits per heavy atom. The van der Waals surface area contributed by atoms with Gasteiger partial charge in [-0.15, -0.1) is 0 Å². The summed E-state index contributed by atoms with van der Waals surface area (Å²) in [7, 11) is 0. The Kier molecular flexibility index (Phi) is 6.23. The van der Waals surface area contributed by atoms with Crippen LogP contribution in [-0.2, 0) is 11.7 Å². The molecule has 0 radical (unpaired) electrons. The van der Waals surface area contributed by atoms with Crippen LogP contribution in [0.15, 0.2) is 58.3 Å². The van der Waals surface area contributed by atoms with Crippen molar-refractivity contribution in [2.24, 2.45) is 0 Å². The molecule has 0 spiro atoms. The maximum Gasteiger partial charge on any atom is 0.416 e. The van der Waals surface area contributed by atoms with Crippen molar-refractivity contribution in [3.63, 3.8) is 0 Å². The van der Waals surface area contributed by atoms with Gasteiger partial charge in [0.1, 0.15) is 0 Å². The van der Waals surface area contributed by atoms with Gasteiger partial charge >= 0.3 is 12.1 Å². The number of benzene rings is 2. The highest BCUT2D eigenvalue weighted by Crippen LogP contribution is 2.40. The highest BCUT2D eigenvalue weighted by atomic mass is 32.2. The highest BCUT2D eigenvalue weighted by molar-refractivity contribution is 7.99. The second-order valence-electron chi connectivity index (χ2n) is 8.19. The number of carbonyl (C=O) groups is 1. The molecule has 1 heterocycles. The minimum absolute atomic E-state index is 0.180. The minimum Gasteiger partial charge on any atom is -0.403 e. The Balaban J connectivity index is 2.01. The molecule has 4 nitrogen and oxygen atoms in total. The number of alkyl halides is 3. The van der Waals surface area contributed by atoms with Crippen LogP contribution in [0.3, 0.4) is 0 Å². The van der Waals surface area contributed by atoms with Gasteiger partial charge in [-0.25, -0.2) is 9.48 Å². The summed E-state index contributed by atoms with van der Waals surface area (Å²) < 4.78 is 46.4. The van der Waals surface area contributed by atoms with Gasteiger partial charge in [-0.3, -0.25) is 0 Å². The summed E-state index contributed by atoms with van der Waals surface area (Å²) in [4.78, 5) is 14.4. The van der Waals surface area contributed by atoms with Gasteiger partial charge in [0, 0.05) is 4.90 Å². The second-order valence-corrected chi connectivity index (χ2v) is 9.27. The number of hydrogen-bond donors (Lipinski definition) is 0. The molecule has 3 rings (SSSR count). The van der Waals surface area contributed by atoms with Crippen molar-refractivity contribution in [1.29, 1.82) is 0 Å². The van der Waals surface area contributed by atoms with E-state index >= 15 is 0 Å². The van der Waals surface area contributed by atoms with Crippen LogP contribution in [0.1, 0.15) is 48.0 Å². The van der Waals surface area contributed by atoms with Crippen LogP contribution in [-0.4, -0.2) is 15.7 Å². The summed E-state index contributed by atoms with van der Waals surface area (Å²) in [5.41, 5.74) is 0.174. The summed E-state index contributed by atoms with van der Waals surface area (Å²) in [5.74, 6) is -0.666. The first-order valence-corrected chi connectivity index (χ1v) is 10.4. The summed E-state index contributed by atoms with van der Waals surface area (Å²) in [5, 5.41) is 4.54. The predicted molar refractivity (Wildman–Crippen MR) is 114 cm³/mol. The summed E-state index contributed by atoms with van der Waals surface area (Å²) in [6, 6.07) is 12.0. The van der Waals surface area contributed by atoms with Crippen LogP contribution in [0.5, 0.6) is 5.88 Å². The van der Waals surface area contributed by atoms with Crippen LogP contribution >= 0.6 is 11.8 Å². The minimum atomic E-state index is -4.55. The number of nitrogens with zero attached hydrogens (tertiary/aromatic N) is 2. The Hall–Kier alpha value is -2.74. The van der Waals surface area contributed by atoms with E-state index in [1.54, 1.807) is 11.6 Å². The lowest BCUT2D eigenvalue weighted by Crippen LogP contribution is -2.25. The number of aryl methyl sites for hydroxylation is 2. The first-order chi connectivity index (χ1) is 14.4. The molecule has 0 amide bonds. The smallest absolute Gasteiger partial charge is 0.403 e. The highest BCUT2D eigenvalue weighted by Gasteiger charge is 2.32. The van der Waals surface area contributed by atoms with E-state index in [1.165, 1.54) is 23.9 Å². The van der Waals surface area contributed by atoms with Gasteiger partial charge in [-0.2, -0.15) is 18.3 Å². The van der Waals surface area contributed by atoms with Crippen molar-refractivity contribution in [2.75, 3.05) is 0 Å². The largest absolute Gasteiger partial charge is 0.416 e. The van der Waals surface area contributed by atoms with Crippen LogP contribution in [0, 0.1) is 13.8 Å². The number of aromatic nitrogens is 2. The lowest BCUT2D eigenvalue weighted by Gasteiger charge is -2.22. The Bertz CT molecular complexity index is 1100. The van der Waals surface area contributed by atoms with Crippen molar-refractivity contribution < 1.29 is 22.7 Å². The molecule has 3 aromatic rings. The van der Waals surface area contributed by atoms with Crippen molar-refractivity contribution in [3.8, 4) is 5.88 Å². The number of halogens is 3. The Labute approximate surface area is 183 Å². The van der Waals surface area contributed by atoms with Crippen molar-refractivity contribution in [1.82, 2.24) is 9.78 Å². The number of ether oxygens (including phenoxy) is 1. The molecular weight excluding hydrogens is 425 g/mol. The van der Waals surface area contributed by atoms with Gasteiger partial charge in [0.05, 0.1) is 27.3 Å². The third kappa shape index (κ3) is 5.31. The summed E-state index contributed by atoms with van der Waals surface area (Å²) >= 11 is 1.39. The van der Waals surface area contributed by atoms with E-state index in [4.69, 9.17) is 4.74 Å². The molecular formula is C23H23F3N2O2S. The van der Waals surface area contributed by atoms with E-state index in [-0.39, 0.29) is 11.4 Å². The monoisotopic (exact) mass is 448 g/mol. The predicted octanol–water partition coefficient (Wildman–Crippen LogP) is 6.64. The lowest BCUT2D eigenvalue weighted by atomic mass is 10.1. The molecule has 0 saturated carbocycles. The van der Waals surface area contributed by atoms with Gasteiger partial charge in [0.25, 0.3) is 0 Å². The first kappa shape index (κ1) is 22.9. The molecule has 164 valence electrons. The molecule has 0 N–H and O–H groups in total. The SMILES string of the molecule is Cc1ccc(Sc2c(C)nn(C(C)(C)C)c2OC(=O)c2cccc(C(F)(F)F)c2)cc1. The van der Waals surface area contributed by atoms with Crippen molar-refractivity contribution >= 4 is 17.7 Å².